The van der Waals surface area contributed by atoms with Crippen LogP contribution in [0.4, 0.5) is 0 Å². The van der Waals surface area contributed by atoms with Crippen LogP contribution in [0.25, 0.3) is 0 Å². The van der Waals surface area contributed by atoms with Gasteiger partial charge in [0.15, 0.2) is 0 Å². The Balaban J connectivity index is 2.09. The highest BCUT2D eigenvalue weighted by Gasteiger charge is 2.24. The molecule has 0 saturated carbocycles. The third kappa shape index (κ3) is 2.90. The van der Waals surface area contributed by atoms with Gasteiger partial charge in [0.25, 0.3) is 0 Å². The summed E-state index contributed by atoms with van der Waals surface area (Å²) in [7, 11) is 0. The minimum absolute atomic E-state index is 0.300. The summed E-state index contributed by atoms with van der Waals surface area (Å²) in [6.45, 7) is 0. The number of aliphatic hydroxyl groups excluding tert-OH is 1. The van der Waals surface area contributed by atoms with Crippen molar-refractivity contribution in [3.63, 3.8) is 0 Å². The second kappa shape index (κ2) is 5.89. The van der Waals surface area contributed by atoms with E-state index in [0.717, 1.165) is 37.7 Å². The summed E-state index contributed by atoms with van der Waals surface area (Å²) in [5.74, 6) is 3.06. The van der Waals surface area contributed by atoms with Crippen LogP contribution in [0.3, 0.4) is 0 Å². The van der Waals surface area contributed by atoms with Gasteiger partial charge in [-0.3, -0.25) is 0 Å². The van der Waals surface area contributed by atoms with Crippen molar-refractivity contribution in [1.29, 1.82) is 0 Å². The van der Waals surface area contributed by atoms with E-state index in [1.165, 1.54) is 12.0 Å². The molecule has 2 atom stereocenters. The van der Waals surface area contributed by atoms with Crippen molar-refractivity contribution >= 4 is 0 Å². The van der Waals surface area contributed by atoms with Crippen molar-refractivity contribution in [2.24, 2.45) is 5.92 Å². The van der Waals surface area contributed by atoms with E-state index in [0.29, 0.717) is 5.92 Å². The van der Waals surface area contributed by atoms with Crippen LogP contribution < -0.4 is 0 Å². The van der Waals surface area contributed by atoms with E-state index >= 15 is 0 Å². The molecule has 0 spiro atoms. The maximum Gasteiger partial charge on any atom is 0.0820 e. The fourth-order valence-electron chi connectivity index (χ4n) is 2.79. The van der Waals surface area contributed by atoms with Gasteiger partial charge in [-0.15, -0.1) is 12.3 Å². The lowest BCUT2D eigenvalue weighted by Gasteiger charge is -2.21. The molecule has 0 aliphatic heterocycles. The summed E-state index contributed by atoms with van der Waals surface area (Å²) in [5, 5.41) is 10.4. The van der Waals surface area contributed by atoms with Crippen molar-refractivity contribution in [2.45, 2.75) is 44.6 Å². The third-order valence-electron chi connectivity index (χ3n) is 3.74. The molecule has 0 heterocycles. The molecular formula is C16H20O. The maximum absolute atomic E-state index is 10.4. The Morgan fingerprint density at radius 3 is 3.00 bits per heavy atom. The number of aryl methyl sites for hydroxylation is 1. The van der Waals surface area contributed by atoms with Crippen LogP contribution >= 0.6 is 0 Å². The van der Waals surface area contributed by atoms with E-state index in [4.69, 9.17) is 6.42 Å². The van der Waals surface area contributed by atoms with E-state index in [1.54, 1.807) is 0 Å². The first-order valence-corrected chi connectivity index (χ1v) is 6.52. The minimum atomic E-state index is -0.300. The zero-order valence-corrected chi connectivity index (χ0v) is 10.2. The average molecular weight is 228 g/mol. The van der Waals surface area contributed by atoms with Crippen molar-refractivity contribution in [2.75, 3.05) is 0 Å². The van der Waals surface area contributed by atoms with Gasteiger partial charge in [0.05, 0.1) is 6.10 Å². The van der Waals surface area contributed by atoms with Crippen LogP contribution in [0.1, 0.15) is 49.3 Å². The van der Waals surface area contributed by atoms with Crippen LogP contribution in [0, 0.1) is 18.3 Å². The Morgan fingerprint density at radius 1 is 1.35 bits per heavy atom. The third-order valence-corrected chi connectivity index (χ3v) is 3.74. The second-order valence-electron chi connectivity index (χ2n) is 4.89. The predicted molar refractivity (Wildman–Crippen MR) is 70.5 cm³/mol. The molecule has 1 nitrogen and oxygen atoms in total. The zero-order chi connectivity index (χ0) is 12.1. The molecule has 2 rings (SSSR count). The van der Waals surface area contributed by atoms with Gasteiger partial charge < -0.3 is 5.11 Å². The molecular weight excluding hydrogens is 208 g/mol. The van der Waals surface area contributed by atoms with Gasteiger partial charge in [-0.05, 0) is 49.1 Å². The molecule has 1 heteroatoms. The largest absolute Gasteiger partial charge is 0.388 e. The quantitative estimate of drug-likeness (QED) is 0.477. The second-order valence-corrected chi connectivity index (χ2v) is 4.89. The van der Waals surface area contributed by atoms with Gasteiger partial charge in [0.2, 0.25) is 0 Å². The minimum Gasteiger partial charge on any atom is -0.388 e. The number of fused-ring (bicyclic) bond motifs is 1. The first-order valence-electron chi connectivity index (χ1n) is 6.52. The zero-order valence-electron chi connectivity index (χ0n) is 10.2. The summed E-state index contributed by atoms with van der Waals surface area (Å²) < 4.78 is 0. The van der Waals surface area contributed by atoms with Crippen molar-refractivity contribution in [3.8, 4) is 12.3 Å². The summed E-state index contributed by atoms with van der Waals surface area (Å²) in [5.41, 5.74) is 2.45. The van der Waals surface area contributed by atoms with Crippen molar-refractivity contribution in [3.05, 3.63) is 35.4 Å². The predicted octanol–water partition coefficient (Wildman–Crippen LogP) is 3.48. The number of hydrogen-bond donors (Lipinski definition) is 1. The smallest absolute Gasteiger partial charge is 0.0820 e. The summed E-state index contributed by atoms with van der Waals surface area (Å²) >= 11 is 0. The Hall–Kier alpha value is -1.26. The van der Waals surface area contributed by atoms with E-state index in [-0.39, 0.29) is 6.10 Å². The molecule has 0 fully saturated rings. The Bertz CT molecular complexity index is 402. The molecule has 2 unspecified atom stereocenters. The highest BCUT2D eigenvalue weighted by atomic mass is 16.3. The van der Waals surface area contributed by atoms with Gasteiger partial charge >= 0.3 is 0 Å². The topological polar surface area (TPSA) is 20.2 Å². The number of aliphatic hydroxyl groups is 1. The van der Waals surface area contributed by atoms with E-state index in [1.807, 2.05) is 6.07 Å². The maximum atomic E-state index is 10.4. The van der Waals surface area contributed by atoms with E-state index < -0.39 is 0 Å². The standard InChI is InChI=1S/C16H20O/c1-2-3-4-9-14-11-7-10-13-8-5-6-12-15(13)16(14)17/h1,5-6,8,12,14,16-17H,3-4,7,9-11H2. The molecule has 1 aliphatic rings. The number of benzene rings is 1. The molecule has 1 aliphatic carbocycles. The fraction of sp³-hybridized carbons (Fsp3) is 0.500. The Labute approximate surface area is 104 Å². The fourth-order valence-corrected chi connectivity index (χ4v) is 2.79. The van der Waals surface area contributed by atoms with Gasteiger partial charge in [-0.2, -0.15) is 0 Å². The summed E-state index contributed by atoms with van der Waals surface area (Å²) in [6, 6.07) is 8.29. The summed E-state index contributed by atoms with van der Waals surface area (Å²) in [4.78, 5) is 0. The van der Waals surface area contributed by atoms with Gasteiger partial charge in [0.1, 0.15) is 0 Å². The Kier molecular flexibility index (Phi) is 4.23. The lowest BCUT2D eigenvalue weighted by atomic mass is 9.89. The SMILES string of the molecule is C#CCCCC1CCCc2ccccc2C1O. The molecule has 17 heavy (non-hydrogen) atoms. The normalized spacial score (nSPS) is 23.5. The van der Waals surface area contributed by atoms with Crippen molar-refractivity contribution in [1.82, 2.24) is 0 Å². The highest BCUT2D eigenvalue weighted by Crippen LogP contribution is 2.35. The van der Waals surface area contributed by atoms with Gasteiger partial charge in [-0.25, -0.2) is 0 Å². The molecule has 1 N–H and O–H groups in total. The van der Waals surface area contributed by atoms with Crippen molar-refractivity contribution < 1.29 is 5.11 Å². The number of terminal acetylenes is 1. The lowest BCUT2D eigenvalue weighted by Crippen LogP contribution is -2.11. The number of unbranched alkanes of at least 4 members (excludes halogenated alkanes) is 1. The van der Waals surface area contributed by atoms with Crippen LogP contribution in [0.15, 0.2) is 24.3 Å². The molecule has 0 saturated heterocycles. The molecule has 0 aromatic heterocycles. The van der Waals surface area contributed by atoms with Gasteiger partial charge in [0, 0.05) is 6.42 Å². The highest BCUT2D eigenvalue weighted by molar-refractivity contribution is 5.30. The average Bonchev–Trinajstić information content (AvgIpc) is 2.51. The lowest BCUT2D eigenvalue weighted by molar-refractivity contribution is 0.0987. The molecule has 1 aromatic rings. The van der Waals surface area contributed by atoms with Crippen LogP contribution in [-0.4, -0.2) is 5.11 Å². The molecule has 0 bridgehead atoms. The summed E-state index contributed by atoms with van der Waals surface area (Å²) in [6.07, 6.45) is 11.3. The molecule has 90 valence electrons. The first kappa shape index (κ1) is 12.2. The number of rotatable bonds is 3. The monoisotopic (exact) mass is 228 g/mol. The van der Waals surface area contributed by atoms with E-state index in [2.05, 4.69) is 24.1 Å². The number of hydrogen-bond acceptors (Lipinski definition) is 1. The van der Waals surface area contributed by atoms with Gasteiger partial charge in [-0.1, -0.05) is 24.3 Å². The first-order chi connectivity index (χ1) is 8.33. The Morgan fingerprint density at radius 2 is 2.18 bits per heavy atom. The van der Waals surface area contributed by atoms with Crippen LogP contribution in [0.5, 0.6) is 0 Å². The molecule has 0 radical (unpaired) electrons. The molecule has 0 amide bonds. The van der Waals surface area contributed by atoms with E-state index in [9.17, 15) is 5.11 Å². The van der Waals surface area contributed by atoms with Crippen LogP contribution in [0.2, 0.25) is 0 Å². The molecule has 1 aromatic carbocycles. The van der Waals surface area contributed by atoms with Crippen LogP contribution in [-0.2, 0) is 6.42 Å².